The number of benzene rings is 1. The molecule has 1 aromatic carbocycles. The van der Waals surface area contributed by atoms with Crippen molar-refractivity contribution < 1.29 is 9.18 Å². The van der Waals surface area contributed by atoms with Crippen LogP contribution in [0.4, 0.5) is 4.39 Å². The molecule has 0 radical (unpaired) electrons. The van der Waals surface area contributed by atoms with Gasteiger partial charge in [-0.3, -0.25) is 14.8 Å². The molecule has 0 spiro atoms. The summed E-state index contributed by atoms with van der Waals surface area (Å²) in [6, 6.07) is 12.5. The first-order valence-electron chi connectivity index (χ1n) is 8.49. The third-order valence-corrected chi connectivity index (χ3v) is 4.18. The van der Waals surface area contributed by atoms with Crippen LogP contribution in [0.25, 0.3) is 11.3 Å². The van der Waals surface area contributed by atoms with E-state index in [0.717, 1.165) is 22.4 Å². The van der Waals surface area contributed by atoms with Gasteiger partial charge in [-0.1, -0.05) is 18.2 Å². The van der Waals surface area contributed by atoms with E-state index in [4.69, 9.17) is 0 Å². The number of nitrogens with zero attached hydrogens (tertiary/aromatic N) is 2. The average molecular weight is 349 g/mol. The monoisotopic (exact) mass is 349 g/mol. The molecule has 0 aliphatic rings. The second kappa shape index (κ2) is 8.34. The Morgan fingerprint density at radius 2 is 1.92 bits per heavy atom. The van der Waals surface area contributed by atoms with Crippen LogP contribution < -0.4 is 5.32 Å². The van der Waals surface area contributed by atoms with Gasteiger partial charge in [-0.05, 0) is 54.3 Å². The maximum absolute atomic E-state index is 13.3. The van der Waals surface area contributed by atoms with E-state index in [2.05, 4.69) is 15.3 Å². The van der Waals surface area contributed by atoms with Crippen LogP contribution in [0.1, 0.15) is 23.1 Å². The Bertz CT molecular complexity index is 897. The Balaban J connectivity index is 1.59. The molecule has 3 aromatic rings. The molecule has 0 saturated heterocycles. The van der Waals surface area contributed by atoms with Crippen molar-refractivity contribution in [2.75, 3.05) is 0 Å². The van der Waals surface area contributed by atoms with Gasteiger partial charge in [0.05, 0.1) is 5.69 Å². The zero-order valence-electron chi connectivity index (χ0n) is 14.6. The van der Waals surface area contributed by atoms with Crippen molar-refractivity contribution in [3.8, 4) is 11.3 Å². The minimum absolute atomic E-state index is 0.0449. The number of pyridine rings is 2. The van der Waals surface area contributed by atoms with Crippen LogP contribution >= 0.6 is 0 Å². The fourth-order valence-electron chi connectivity index (χ4n) is 2.75. The summed E-state index contributed by atoms with van der Waals surface area (Å²) in [6.07, 6.45) is 6.11. The standard InChI is InChI=1S/C21H20FN3O/c1-15-13-16(4-6-19(15)22)5-7-20(26)25-14-18-3-2-10-24-21(18)17-8-11-23-12-9-17/h2-4,6,8-13H,5,7,14H2,1H3,(H,25,26). The van der Waals surface area contributed by atoms with Gasteiger partial charge in [0.15, 0.2) is 0 Å². The van der Waals surface area contributed by atoms with Crippen LogP contribution in [-0.4, -0.2) is 15.9 Å². The topological polar surface area (TPSA) is 54.9 Å². The number of rotatable bonds is 6. The fraction of sp³-hybridized carbons (Fsp3) is 0.190. The summed E-state index contributed by atoms with van der Waals surface area (Å²) in [7, 11) is 0. The number of carbonyl (C=O) groups excluding carboxylic acids is 1. The Hall–Kier alpha value is -3.08. The zero-order valence-corrected chi connectivity index (χ0v) is 14.6. The van der Waals surface area contributed by atoms with E-state index in [1.54, 1.807) is 37.6 Å². The molecule has 0 bridgehead atoms. The maximum atomic E-state index is 13.3. The van der Waals surface area contributed by atoms with Crippen molar-refractivity contribution in [1.29, 1.82) is 0 Å². The van der Waals surface area contributed by atoms with Crippen LogP contribution in [-0.2, 0) is 17.8 Å². The molecule has 0 fully saturated rings. The van der Waals surface area contributed by atoms with E-state index >= 15 is 0 Å². The maximum Gasteiger partial charge on any atom is 0.220 e. The number of carbonyl (C=O) groups is 1. The van der Waals surface area contributed by atoms with Crippen molar-refractivity contribution in [3.05, 3.63) is 83.6 Å². The van der Waals surface area contributed by atoms with Crippen molar-refractivity contribution >= 4 is 5.91 Å². The Morgan fingerprint density at radius 3 is 2.69 bits per heavy atom. The van der Waals surface area contributed by atoms with E-state index < -0.39 is 0 Å². The number of amides is 1. The molecular formula is C21H20FN3O. The number of nitrogens with one attached hydrogen (secondary N) is 1. The third kappa shape index (κ3) is 4.51. The van der Waals surface area contributed by atoms with E-state index in [-0.39, 0.29) is 11.7 Å². The van der Waals surface area contributed by atoms with Gasteiger partial charge in [0, 0.05) is 37.1 Å². The van der Waals surface area contributed by atoms with E-state index in [9.17, 15) is 9.18 Å². The van der Waals surface area contributed by atoms with Crippen molar-refractivity contribution in [1.82, 2.24) is 15.3 Å². The molecular weight excluding hydrogens is 329 g/mol. The number of hydrogen-bond donors (Lipinski definition) is 1. The average Bonchev–Trinajstić information content (AvgIpc) is 2.68. The van der Waals surface area contributed by atoms with Crippen molar-refractivity contribution in [3.63, 3.8) is 0 Å². The van der Waals surface area contributed by atoms with E-state index in [0.29, 0.717) is 24.9 Å². The molecule has 5 heteroatoms. The van der Waals surface area contributed by atoms with Crippen LogP contribution in [0, 0.1) is 12.7 Å². The summed E-state index contributed by atoms with van der Waals surface area (Å²) in [5.41, 5.74) is 4.30. The second-order valence-electron chi connectivity index (χ2n) is 6.11. The normalized spacial score (nSPS) is 10.5. The molecule has 0 saturated carbocycles. The first kappa shape index (κ1) is 17.7. The second-order valence-corrected chi connectivity index (χ2v) is 6.11. The van der Waals surface area contributed by atoms with Crippen LogP contribution in [0.5, 0.6) is 0 Å². The smallest absolute Gasteiger partial charge is 0.220 e. The summed E-state index contributed by atoms with van der Waals surface area (Å²) in [5, 5.41) is 2.94. The highest BCUT2D eigenvalue weighted by molar-refractivity contribution is 5.76. The number of hydrogen-bond acceptors (Lipinski definition) is 3. The minimum Gasteiger partial charge on any atom is -0.352 e. The Kier molecular flexibility index (Phi) is 5.69. The highest BCUT2D eigenvalue weighted by Gasteiger charge is 2.08. The van der Waals surface area contributed by atoms with Gasteiger partial charge >= 0.3 is 0 Å². The lowest BCUT2D eigenvalue weighted by Crippen LogP contribution is -2.23. The Labute approximate surface area is 152 Å². The van der Waals surface area contributed by atoms with Crippen molar-refractivity contribution in [2.45, 2.75) is 26.3 Å². The van der Waals surface area contributed by atoms with Gasteiger partial charge in [0.1, 0.15) is 5.82 Å². The summed E-state index contributed by atoms with van der Waals surface area (Å²) in [6.45, 7) is 2.13. The highest BCUT2D eigenvalue weighted by Crippen LogP contribution is 2.20. The number of aromatic nitrogens is 2. The SMILES string of the molecule is Cc1cc(CCC(=O)NCc2cccnc2-c2ccncc2)ccc1F. The van der Waals surface area contributed by atoms with E-state index in [1.807, 2.05) is 24.3 Å². The molecule has 1 N–H and O–H groups in total. The minimum atomic E-state index is -0.224. The van der Waals surface area contributed by atoms with Crippen molar-refractivity contribution in [2.24, 2.45) is 0 Å². The van der Waals surface area contributed by atoms with Gasteiger partial charge < -0.3 is 5.32 Å². The highest BCUT2D eigenvalue weighted by atomic mass is 19.1. The summed E-state index contributed by atoms with van der Waals surface area (Å²) in [4.78, 5) is 20.6. The number of halogens is 1. The Morgan fingerprint density at radius 1 is 1.12 bits per heavy atom. The molecule has 1 amide bonds. The van der Waals surface area contributed by atoms with Gasteiger partial charge in [-0.15, -0.1) is 0 Å². The molecule has 4 nitrogen and oxygen atoms in total. The van der Waals surface area contributed by atoms with Crippen LogP contribution in [0.3, 0.4) is 0 Å². The fourth-order valence-corrected chi connectivity index (χ4v) is 2.75. The third-order valence-electron chi connectivity index (χ3n) is 4.18. The largest absolute Gasteiger partial charge is 0.352 e. The summed E-state index contributed by atoms with van der Waals surface area (Å²) in [5.74, 6) is -0.269. The predicted octanol–water partition coefficient (Wildman–Crippen LogP) is 3.84. The molecule has 26 heavy (non-hydrogen) atoms. The molecule has 0 aliphatic carbocycles. The molecule has 0 unspecified atom stereocenters. The van der Waals surface area contributed by atoms with E-state index in [1.165, 1.54) is 6.07 Å². The van der Waals surface area contributed by atoms with Gasteiger partial charge in [0.25, 0.3) is 0 Å². The molecule has 2 aromatic heterocycles. The molecule has 132 valence electrons. The molecule has 2 heterocycles. The predicted molar refractivity (Wildman–Crippen MR) is 98.8 cm³/mol. The summed E-state index contributed by atoms with van der Waals surface area (Å²) >= 11 is 0. The first-order chi connectivity index (χ1) is 12.6. The first-order valence-corrected chi connectivity index (χ1v) is 8.49. The number of aryl methyl sites for hydroxylation is 2. The lowest BCUT2D eigenvalue weighted by atomic mass is 10.1. The van der Waals surface area contributed by atoms with Crippen LogP contribution in [0.15, 0.2) is 61.1 Å². The molecule has 3 rings (SSSR count). The van der Waals surface area contributed by atoms with Gasteiger partial charge in [-0.2, -0.15) is 0 Å². The lowest BCUT2D eigenvalue weighted by Gasteiger charge is -2.10. The molecule has 0 atom stereocenters. The summed E-state index contributed by atoms with van der Waals surface area (Å²) < 4.78 is 13.3. The molecule has 0 aliphatic heterocycles. The van der Waals surface area contributed by atoms with Crippen LogP contribution in [0.2, 0.25) is 0 Å². The van der Waals surface area contributed by atoms with Gasteiger partial charge in [0.2, 0.25) is 5.91 Å². The zero-order chi connectivity index (χ0) is 18.4. The van der Waals surface area contributed by atoms with Gasteiger partial charge in [-0.25, -0.2) is 4.39 Å². The lowest BCUT2D eigenvalue weighted by molar-refractivity contribution is -0.121. The quantitative estimate of drug-likeness (QED) is 0.736.